The van der Waals surface area contributed by atoms with Crippen molar-refractivity contribution in [2.24, 2.45) is 0 Å². The van der Waals surface area contributed by atoms with Crippen molar-refractivity contribution in [3.8, 4) is 5.75 Å². The Labute approximate surface area is 99.6 Å². The van der Waals surface area contributed by atoms with Gasteiger partial charge in [0.1, 0.15) is 12.4 Å². The first-order chi connectivity index (χ1) is 8.24. The van der Waals surface area contributed by atoms with Gasteiger partial charge in [0.2, 0.25) is 0 Å². The molecule has 0 aliphatic carbocycles. The highest BCUT2D eigenvalue weighted by atomic mass is 16.6. The van der Waals surface area contributed by atoms with Crippen LogP contribution in [0.4, 0.5) is 4.79 Å². The van der Waals surface area contributed by atoms with Gasteiger partial charge in [-0.25, -0.2) is 4.79 Å². The van der Waals surface area contributed by atoms with Gasteiger partial charge in [-0.2, -0.15) is 0 Å². The maximum absolute atomic E-state index is 11.4. The molecule has 1 aliphatic rings. The molecule has 5 nitrogen and oxygen atoms in total. The predicted octanol–water partition coefficient (Wildman–Crippen LogP) is 1.01. The van der Waals surface area contributed by atoms with Gasteiger partial charge in [0.25, 0.3) is 0 Å². The number of rotatable bonds is 4. The molecule has 0 aromatic heterocycles. The third-order valence-corrected chi connectivity index (χ3v) is 2.80. The van der Waals surface area contributed by atoms with E-state index in [2.05, 4.69) is 0 Å². The number of ether oxygens (including phenoxy) is 2. The molecule has 1 heterocycles. The molecule has 1 unspecified atom stereocenters. The molecular weight excluding hydrogens is 222 g/mol. The highest BCUT2D eigenvalue weighted by Crippen LogP contribution is 2.18. The van der Waals surface area contributed by atoms with Gasteiger partial charge >= 0.3 is 6.09 Å². The summed E-state index contributed by atoms with van der Waals surface area (Å²) in [7, 11) is 1.61. The number of aliphatic hydroxyl groups is 1. The molecule has 1 atom stereocenters. The molecule has 0 saturated carbocycles. The molecule has 1 fully saturated rings. The van der Waals surface area contributed by atoms with Crippen molar-refractivity contribution in [2.45, 2.75) is 12.6 Å². The van der Waals surface area contributed by atoms with Crippen molar-refractivity contribution in [2.75, 3.05) is 20.3 Å². The van der Waals surface area contributed by atoms with E-state index in [1.165, 1.54) is 4.90 Å². The van der Waals surface area contributed by atoms with Gasteiger partial charge in [-0.3, -0.25) is 4.90 Å². The minimum atomic E-state index is -0.375. The van der Waals surface area contributed by atoms with Crippen LogP contribution in [0, 0.1) is 0 Å². The van der Waals surface area contributed by atoms with E-state index in [-0.39, 0.29) is 25.3 Å². The number of carbonyl (C=O) groups is 1. The zero-order valence-corrected chi connectivity index (χ0v) is 9.63. The van der Waals surface area contributed by atoms with E-state index in [4.69, 9.17) is 14.6 Å². The Morgan fingerprint density at radius 3 is 2.76 bits per heavy atom. The summed E-state index contributed by atoms with van der Waals surface area (Å²) >= 11 is 0. The van der Waals surface area contributed by atoms with Crippen LogP contribution in [-0.4, -0.2) is 42.5 Å². The summed E-state index contributed by atoms with van der Waals surface area (Å²) in [5.41, 5.74) is 0.975. The van der Waals surface area contributed by atoms with Gasteiger partial charge < -0.3 is 14.6 Å². The molecule has 2 rings (SSSR count). The van der Waals surface area contributed by atoms with Crippen LogP contribution in [-0.2, 0) is 11.3 Å². The summed E-state index contributed by atoms with van der Waals surface area (Å²) in [6.07, 6.45) is -0.375. The molecule has 17 heavy (non-hydrogen) atoms. The largest absolute Gasteiger partial charge is 0.497 e. The van der Waals surface area contributed by atoms with Crippen molar-refractivity contribution >= 4 is 6.09 Å². The van der Waals surface area contributed by atoms with Gasteiger partial charge in [-0.1, -0.05) is 12.1 Å². The number of carbonyl (C=O) groups excluding carboxylic acids is 1. The van der Waals surface area contributed by atoms with E-state index >= 15 is 0 Å². The number of benzene rings is 1. The molecule has 1 N–H and O–H groups in total. The second-order valence-electron chi connectivity index (χ2n) is 3.89. The quantitative estimate of drug-likeness (QED) is 0.849. The van der Waals surface area contributed by atoms with Crippen LogP contribution >= 0.6 is 0 Å². The first-order valence-electron chi connectivity index (χ1n) is 5.41. The highest BCUT2D eigenvalue weighted by molar-refractivity contribution is 5.70. The molecule has 1 aliphatic heterocycles. The summed E-state index contributed by atoms with van der Waals surface area (Å²) in [6, 6.07) is 7.21. The molecule has 0 radical (unpaired) electrons. The van der Waals surface area contributed by atoms with Crippen LogP contribution < -0.4 is 4.74 Å². The smallest absolute Gasteiger partial charge is 0.410 e. The SMILES string of the molecule is COc1ccc(CN2C(=O)OCC2CO)cc1. The Balaban J connectivity index is 2.06. The van der Waals surface area contributed by atoms with Crippen LogP contribution in [0.1, 0.15) is 5.56 Å². The Morgan fingerprint density at radius 1 is 1.47 bits per heavy atom. The lowest BCUT2D eigenvalue weighted by atomic mass is 10.2. The summed E-state index contributed by atoms with van der Waals surface area (Å²) in [4.78, 5) is 13.0. The monoisotopic (exact) mass is 237 g/mol. The van der Waals surface area contributed by atoms with E-state index in [0.717, 1.165) is 11.3 Å². The Hall–Kier alpha value is -1.75. The molecular formula is C12H15NO4. The minimum Gasteiger partial charge on any atom is -0.497 e. The summed E-state index contributed by atoms with van der Waals surface area (Å²) in [5, 5.41) is 9.12. The topological polar surface area (TPSA) is 59.0 Å². The normalized spacial score (nSPS) is 19.3. The highest BCUT2D eigenvalue weighted by Gasteiger charge is 2.32. The molecule has 1 aromatic rings. The second-order valence-corrected chi connectivity index (χ2v) is 3.89. The second kappa shape index (κ2) is 5.05. The van der Waals surface area contributed by atoms with Crippen molar-refractivity contribution in [1.82, 2.24) is 4.90 Å². The van der Waals surface area contributed by atoms with E-state index < -0.39 is 0 Å². The zero-order valence-electron chi connectivity index (χ0n) is 9.63. The van der Waals surface area contributed by atoms with Crippen molar-refractivity contribution in [3.05, 3.63) is 29.8 Å². The van der Waals surface area contributed by atoms with E-state index in [9.17, 15) is 4.79 Å². The number of cyclic esters (lactones) is 1. The fourth-order valence-corrected chi connectivity index (χ4v) is 1.76. The molecule has 0 bridgehead atoms. The van der Waals surface area contributed by atoms with Gasteiger partial charge in [0.15, 0.2) is 0 Å². The first-order valence-corrected chi connectivity index (χ1v) is 5.41. The summed E-state index contributed by atoms with van der Waals surface area (Å²) in [6.45, 7) is 0.613. The maximum atomic E-state index is 11.4. The number of amides is 1. The van der Waals surface area contributed by atoms with E-state index in [1.807, 2.05) is 24.3 Å². The number of hydrogen-bond acceptors (Lipinski definition) is 4. The predicted molar refractivity (Wildman–Crippen MR) is 60.8 cm³/mol. The first kappa shape index (κ1) is 11.7. The summed E-state index contributed by atoms with van der Waals surface area (Å²) < 4.78 is 9.95. The Bertz CT molecular complexity index is 390. The van der Waals surface area contributed by atoms with Crippen LogP contribution in [0.5, 0.6) is 5.75 Å². The standard InChI is InChI=1S/C12H15NO4/c1-16-11-4-2-9(3-5-11)6-13-10(7-14)8-17-12(13)15/h2-5,10,14H,6-8H2,1H3. The molecule has 1 saturated heterocycles. The maximum Gasteiger partial charge on any atom is 0.410 e. The zero-order chi connectivity index (χ0) is 12.3. The lowest BCUT2D eigenvalue weighted by Crippen LogP contribution is -2.35. The molecule has 1 amide bonds. The average molecular weight is 237 g/mol. The fourth-order valence-electron chi connectivity index (χ4n) is 1.76. The molecule has 92 valence electrons. The van der Waals surface area contributed by atoms with Crippen LogP contribution in [0.15, 0.2) is 24.3 Å². The van der Waals surface area contributed by atoms with Crippen LogP contribution in [0.25, 0.3) is 0 Å². The number of methoxy groups -OCH3 is 1. The van der Waals surface area contributed by atoms with Crippen LogP contribution in [0.2, 0.25) is 0 Å². The average Bonchev–Trinajstić information content (AvgIpc) is 2.71. The lowest BCUT2D eigenvalue weighted by molar-refractivity contribution is 0.151. The van der Waals surface area contributed by atoms with E-state index in [1.54, 1.807) is 7.11 Å². The molecule has 1 aromatic carbocycles. The molecule has 0 spiro atoms. The minimum absolute atomic E-state index is 0.0815. The molecule has 5 heteroatoms. The van der Waals surface area contributed by atoms with E-state index in [0.29, 0.717) is 6.54 Å². The number of hydrogen-bond donors (Lipinski definition) is 1. The van der Waals surface area contributed by atoms with Crippen molar-refractivity contribution in [1.29, 1.82) is 0 Å². The van der Waals surface area contributed by atoms with Crippen molar-refractivity contribution in [3.63, 3.8) is 0 Å². The third-order valence-electron chi connectivity index (χ3n) is 2.80. The van der Waals surface area contributed by atoms with Gasteiger partial charge in [-0.15, -0.1) is 0 Å². The Morgan fingerprint density at radius 2 is 2.18 bits per heavy atom. The van der Waals surface area contributed by atoms with Gasteiger partial charge in [-0.05, 0) is 17.7 Å². The third kappa shape index (κ3) is 2.50. The summed E-state index contributed by atoms with van der Waals surface area (Å²) in [5.74, 6) is 0.774. The van der Waals surface area contributed by atoms with Gasteiger partial charge in [0.05, 0.1) is 19.8 Å². The lowest BCUT2D eigenvalue weighted by Gasteiger charge is -2.19. The van der Waals surface area contributed by atoms with Gasteiger partial charge in [0, 0.05) is 6.54 Å². The van der Waals surface area contributed by atoms with Crippen LogP contribution in [0.3, 0.4) is 0 Å². The number of nitrogens with zero attached hydrogens (tertiary/aromatic N) is 1. The van der Waals surface area contributed by atoms with Crippen molar-refractivity contribution < 1.29 is 19.4 Å². The Kier molecular flexibility index (Phi) is 3.49. The fraction of sp³-hybridized carbons (Fsp3) is 0.417. The number of aliphatic hydroxyl groups excluding tert-OH is 1.